The lowest BCUT2D eigenvalue weighted by molar-refractivity contribution is -0.122. The maximum absolute atomic E-state index is 14.5. The second-order valence-electron chi connectivity index (χ2n) is 9.61. The van der Waals surface area contributed by atoms with Gasteiger partial charge in [0.25, 0.3) is 0 Å². The molecule has 4 aromatic carbocycles. The van der Waals surface area contributed by atoms with Crippen LogP contribution in [0.3, 0.4) is 0 Å². The number of carbonyl (C=O) groups excluding carboxylic acids is 1. The van der Waals surface area contributed by atoms with Crippen molar-refractivity contribution in [3.8, 4) is 0 Å². The second-order valence-corrected chi connectivity index (χ2v) is 9.61. The van der Waals surface area contributed by atoms with E-state index in [0.717, 1.165) is 11.1 Å². The summed E-state index contributed by atoms with van der Waals surface area (Å²) in [4.78, 5) is 14.5. The number of rotatable bonds is 8. The van der Waals surface area contributed by atoms with Crippen LogP contribution in [0.2, 0.25) is 0 Å². The van der Waals surface area contributed by atoms with E-state index in [9.17, 15) is 4.79 Å². The van der Waals surface area contributed by atoms with Gasteiger partial charge in [0.15, 0.2) is 0 Å². The lowest BCUT2D eigenvalue weighted by atomic mass is 9.76. The average Bonchev–Trinajstić information content (AvgIpc) is 2.83. The van der Waals surface area contributed by atoms with E-state index in [0.29, 0.717) is 18.6 Å². The Balaban J connectivity index is 1.81. The molecule has 172 valence electrons. The van der Waals surface area contributed by atoms with Crippen molar-refractivity contribution < 1.29 is 4.79 Å². The van der Waals surface area contributed by atoms with Crippen LogP contribution < -0.4 is 0 Å². The summed E-state index contributed by atoms with van der Waals surface area (Å²) in [6.45, 7) is 8.49. The van der Waals surface area contributed by atoms with Gasteiger partial charge in [0.1, 0.15) is 5.78 Å². The van der Waals surface area contributed by atoms with E-state index in [1.54, 1.807) is 0 Å². The average molecular weight is 447 g/mol. The lowest BCUT2D eigenvalue weighted by Gasteiger charge is -2.26. The van der Waals surface area contributed by atoms with Gasteiger partial charge >= 0.3 is 0 Å². The SMILES string of the molecule is Cc1ccc(C(Cc2ccccc2)C(=O)C(Cc2ccccc2)c2ccc(C)cc2C)c(C)c1. The quantitative estimate of drug-likeness (QED) is 0.269. The summed E-state index contributed by atoms with van der Waals surface area (Å²) in [5.41, 5.74) is 9.50. The van der Waals surface area contributed by atoms with Crippen LogP contribution >= 0.6 is 0 Å². The maximum atomic E-state index is 14.5. The van der Waals surface area contributed by atoms with E-state index >= 15 is 0 Å². The van der Waals surface area contributed by atoms with Crippen LogP contribution in [0.5, 0.6) is 0 Å². The molecule has 1 nitrogen and oxygen atoms in total. The molecule has 0 fully saturated rings. The fourth-order valence-electron chi connectivity index (χ4n) is 5.10. The molecule has 0 saturated carbocycles. The molecule has 0 N–H and O–H groups in total. The highest BCUT2D eigenvalue weighted by Crippen LogP contribution is 2.35. The zero-order chi connectivity index (χ0) is 24.1. The van der Waals surface area contributed by atoms with Crippen molar-refractivity contribution in [3.05, 3.63) is 142 Å². The Morgan fingerprint density at radius 1 is 0.559 bits per heavy atom. The van der Waals surface area contributed by atoms with E-state index in [2.05, 4.69) is 113 Å². The summed E-state index contributed by atoms with van der Waals surface area (Å²) in [5.74, 6) is -0.0959. The fraction of sp³-hybridized carbons (Fsp3) is 0.242. The molecule has 0 saturated heterocycles. The zero-order valence-corrected chi connectivity index (χ0v) is 20.7. The molecule has 1 heteroatoms. The smallest absolute Gasteiger partial charge is 0.148 e. The van der Waals surface area contributed by atoms with Crippen LogP contribution in [-0.2, 0) is 17.6 Å². The molecular weight excluding hydrogens is 412 g/mol. The van der Waals surface area contributed by atoms with Gasteiger partial charge in [0.05, 0.1) is 0 Å². The summed E-state index contributed by atoms with van der Waals surface area (Å²) >= 11 is 0. The van der Waals surface area contributed by atoms with E-state index in [1.165, 1.54) is 33.4 Å². The Bertz CT molecular complexity index is 1160. The first kappa shape index (κ1) is 23.7. The van der Waals surface area contributed by atoms with Crippen LogP contribution in [0, 0.1) is 27.7 Å². The number of benzene rings is 4. The minimum Gasteiger partial charge on any atom is -0.298 e. The molecule has 4 aromatic rings. The Hall–Kier alpha value is -3.45. The van der Waals surface area contributed by atoms with Crippen molar-refractivity contribution in [1.29, 1.82) is 0 Å². The molecule has 4 rings (SSSR count). The van der Waals surface area contributed by atoms with Crippen molar-refractivity contribution in [1.82, 2.24) is 0 Å². The van der Waals surface area contributed by atoms with Crippen LogP contribution in [-0.4, -0.2) is 5.78 Å². The first-order valence-electron chi connectivity index (χ1n) is 12.2. The van der Waals surface area contributed by atoms with Gasteiger partial charge < -0.3 is 0 Å². The monoisotopic (exact) mass is 446 g/mol. The van der Waals surface area contributed by atoms with Crippen LogP contribution in [0.25, 0.3) is 0 Å². The van der Waals surface area contributed by atoms with Crippen LogP contribution in [0.1, 0.15) is 56.3 Å². The summed E-state index contributed by atoms with van der Waals surface area (Å²) in [6, 6.07) is 33.8. The van der Waals surface area contributed by atoms with Gasteiger partial charge in [-0.1, -0.05) is 108 Å². The molecule has 0 heterocycles. The molecule has 34 heavy (non-hydrogen) atoms. The summed E-state index contributed by atoms with van der Waals surface area (Å²) in [5, 5.41) is 0. The maximum Gasteiger partial charge on any atom is 0.148 e. The zero-order valence-electron chi connectivity index (χ0n) is 20.7. The number of aryl methyl sites for hydroxylation is 4. The molecule has 0 amide bonds. The van der Waals surface area contributed by atoms with Gasteiger partial charge in [0, 0.05) is 11.8 Å². The van der Waals surface area contributed by atoms with E-state index in [4.69, 9.17) is 0 Å². The van der Waals surface area contributed by atoms with Crippen molar-refractivity contribution in [3.63, 3.8) is 0 Å². The van der Waals surface area contributed by atoms with Crippen molar-refractivity contribution in [2.24, 2.45) is 0 Å². The van der Waals surface area contributed by atoms with E-state index in [1.807, 2.05) is 12.1 Å². The topological polar surface area (TPSA) is 17.1 Å². The Morgan fingerprint density at radius 3 is 1.29 bits per heavy atom. The van der Waals surface area contributed by atoms with Gasteiger partial charge in [-0.3, -0.25) is 4.79 Å². The molecule has 0 radical (unpaired) electrons. The summed E-state index contributed by atoms with van der Waals surface area (Å²) in [6.07, 6.45) is 1.42. The van der Waals surface area contributed by atoms with Crippen molar-refractivity contribution in [2.45, 2.75) is 52.4 Å². The van der Waals surface area contributed by atoms with Crippen molar-refractivity contribution in [2.75, 3.05) is 0 Å². The molecule has 0 spiro atoms. The predicted octanol–water partition coefficient (Wildman–Crippen LogP) is 7.84. The number of hydrogen-bond donors (Lipinski definition) is 0. The minimum absolute atomic E-state index is 0.197. The normalized spacial score (nSPS) is 12.8. The first-order valence-corrected chi connectivity index (χ1v) is 12.2. The number of carbonyl (C=O) groups is 1. The third-order valence-corrected chi connectivity index (χ3v) is 6.85. The fourth-order valence-corrected chi connectivity index (χ4v) is 5.10. The van der Waals surface area contributed by atoms with E-state index in [-0.39, 0.29) is 11.8 Å². The molecule has 0 aromatic heterocycles. The molecule has 2 unspecified atom stereocenters. The molecule has 0 aliphatic rings. The third-order valence-electron chi connectivity index (χ3n) is 6.85. The largest absolute Gasteiger partial charge is 0.298 e. The highest BCUT2D eigenvalue weighted by Gasteiger charge is 2.31. The second kappa shape index (κ2) is 10.7. The Kier molecular flexibility index (Phi) is 7.43. The highest BCUT2D eigenvalue weighted by atomic mass is 16.1. The van der Waals surface area contributed by atoms with Crippen LogP contribution in [0.15, 0.2) is 97.1 Å². The van der Waals surface area contributed by atoms with Crippen LogP contribution in [0.4, 0.5) is 0 Å². The summed E-state index contributed by atoms with van der Waals surface area (Å²) < 4.78 is 0. The number of hydrogen-bond acceptors (Lipinski definition) is 1. The standard InChI is InChI=1S/C33H34O/c1-23-15-17-29(25(3)19-23)31(21-27-11-7-5-8-12-27)33(34)32(22-28-13-9-6-10-14-28)30-18-16-24(2)20-26(30)4/h5-20,31-32H,21-22H2,1-4H3. The molecule has 0 bridgehead atoms. The van der Waals surface area contributed by atoms with Gasteiger partial charge in [-0.25, -0.2) is 0 Å². The Labute approximate surface area is 204 Å². The molecule has 0 aliphatic heterocycles. The minimum atomic E-state index is -0.197. The number of ketones is 1. The molecule has 0 aliphatic carbocycles. The lowest BCUT2D eigenvalue weighted by Crippen LogP contribution is -2.25. The predicted molar refractivity (Wildman–Crippen MR) is 143 cm³/mol. The van der Waals surface area contributed by atoms with Gasteiger partial charge in [-0.15, -0.1) is 0 Å². The molecule has 2 atom stereocenters. The van der Waals surface area contributed by atoms with Gasteiger partial charge in [0.2, 0.25) is 0 Å². The third kappa shape index (κ3) is 5.54. The molecular formula is C33H34O. The van der Waals surface area contributed by atoms with E-state index < -0.39 is 0 Å². The highest BCUT2D eigenvalue weighted by molar-refractivity contribution is 5.93. The van der Waals surface area contributed by atoms with Gasteiger partial charge in [-0.2, -0.15) is 0 Å². The summed E-state index contributed by atoms with van der Waals surface area (Å²) in [7, 11) is 0. The van der Waals surface area contributed by atoms with Gasteiger partial charge in [-0.05, 0) is 73.9 Å². The van der Waals surface area contributed by atoms with Crippen molar-refractivity contribution >= 4 is 5.78 Å². The Morgan fingerprint density at radius 2 is 0.941 bits per heavy atom. The first-order chi connectivity index (χ1) is 16.4. The number of Topliss-reactive ketones (excluding diaryl/α,β-unsaturated/α-hetero) is 1.